The average molecular weight is 357 g/mol. The highest BCUT2D eigenvalue weighted by atomic mass is 16.4. The minimum absolute atomic E-state index is 0.0361. The Morgan fingerprint density at radius 3 is 2.58 bits per heavy atom. The molecule has 0 bridgehead atoms. The van der Waals surface area contributed by atoms with Gasteiger partial charge in [-0.3, -0.25) is 14.3 Å². The van der Waals surface area contributed by atoms with E-state index in [2.05, 4.69) is 5.10 Å². The molecule has 3 rings (SSSR count). The highest BCUT2D eigenvalue weighted by molar-refractivity contribution is 5.95. The van der Waals surface area contributed by atoms with Crippen LogP contribution in [0.25, 0.3) is 0 Å². The summed E-state index contributed by atoms with van der Waals surface area (Å²) in [6.07, 6.45) is 1.02. The first-order valence-corrected chi connectivity index (χ1v) is 8.58. The van der Waals surface area contributed by atoms with Gasteiger partial charge in [0.15, 0.2) is 0 Å². The number of aliphatic carboxylic acids is 1. The first-order valence-electron chi connectivity index (χ1n) is 8.58. The van der Waals surface area contributed by atoms with Gasteiger partial charge in [0.2, 0.25) is 0 Å². The second kappa shape index (κ2) is 6.92. The Balaban J connectivity index is 1.90. The van der Waals surface area contributed by atoms with Crippen LogP contribution in [-0.2, 0) is 18.3 Å². The zero-order valence-corrected chi connectivity index (χ0v) is 14.9. The summed E-state index contributed by atoms with van der Waals surface area (Å²) in [7, 11) is 1.74. The van der Waals surface area contributed by atoms with E-state index in [1.807, 2.05) is 30.3 Å². The molecule has 1 fully saturated rings. The minimum atomic E-state index is -1.43. The Hall–Kier alpha value is -2.67. The van der Waals surface area contributed by atoms with Crippen molar-refractivity contribution in [2.75, 3.05) is 13.1 Å². The quantitative estimate of drug-likeness (QED) is 0.859. The van der Waals surface area contributed by atoms with E-state index in [4.69, 9.17) is 0 Å². The number of nitrogens with zero attached hydrogens (tertiary/aromatic N) is 3. The third-order valence-electron chi connectivity index (χ3n) is 5.10. The molecule has 2 aromatic rings. The lowest BCUT2D eigenvalue weighted by Crippen LogP contribution is -2.58. The smallest absolute Gasteiger partial charge is 0.314 e. The predicted molar refractivity (Wildman–Crippen MR) is 94.7 cm³/mol. The van der Waals surface area contributed by atoms with Crippen LogP contribution in [-0.4, -0.2) is 56.0 Å². The van der Waals surface area contributed by atoms with Gasteiger partial charge in [-0.2, -0.15) is 5.10 Å². The molecule has 26 heavy (non-hydrogen) atoms. The van der Waals surface area contributed by atoms with Gasteiger partial charge in [0, 0.05) is 26.3 Å². The van der Waals surface area contributed by atoms with Crippen LogP contribution in [0.2, 0.25) is 0 Å². The van der Waals surface area contributed by atoms with Crippen LogP contribution >= 0.6 is 0 Å². The van der Waals surface area contributed by atoms with E-state index in [1.165, 1.54) is 4.90 Å². The molecule has 7 heteroatoms. The van der Waals surface area contributed by atoms with E-state index in [0.717, 1.165) is 5.56 Å². The number of carbonyl (C=O) groups excluding carboxylic acids is 1. The van der Waals surface area contributed by atoms with Crippen molar-refractivity contribution in [3.8, 4) is 0 Å². The highest BCUT2D eigenvalue weighted by Crippen LogP contribution is 2.35. The molecule has 0 saturated carbocycles. The third-order valence-corrected chi connectivity index (χ3v) is 5.10. The Kier molecular flexibility index (Phi) is 4.82. The number of carboxylic acids is 1. The van der Waals surface area contributed by atoms with Crippen molar-refractivity contribution in [3.63, 3.8) is 0 Å². The second-order valence-corrected chi connectivity index (χ2v) is 6.96. The molecule has 2 N–H and O–H groups in total. The molecule has 138 valence electrons. The van der Waals surface area contributed by atoms with Crippen LogP contribution in [0.4, 0.5) is 0 Å². The predicted octanol–water partition coefficient (Wildman–Crippen LogP) is 1.25. The lowest BCUT2D eigenvalue weighted by molar-refractivity contribution is -0.161. The molecule has 1 aliphatic rings. The summed E-state index contributed by atoms with van der Waals surface area (Å²) >= 11 is 0. The number of aliphatic hydroxyl groups is 1. The molecule has 1 aliphatic heterocycles. The summed E-state index contributed by atoms with van der Waals surface area (Å²) < 4.78 is 1.57. The van der Waals surface area contributed by atoms with Crippen LogP contribution in [0.5, 0.6) is 0 Å². The number of amides is 1. The monoisotopic (exact) mass is 357 g/mol. The first-order chi connectivity index (χ1) is 12.3. The molecule has 1 aromatic heterocycles. The summed E-state index contributed by atoms with van der Waals surface area (Å²) in [4.78, 5) is 26.6. The molecule has 2 heterocycles. The van der Waals surface area contributed by atoms with Crippen molar-refractivity contribution < 1.29 is 19.8 Å². The summed E-state index contributed by atoms with van der Waals surface area (Å²) in [6.45, 7) is 2.03. The van der Waals surface area contributed by atoms with Gasteiger partial charge >= 0.3 is 5.97 Å². The average Bonchev–Trinajstić information content (AvgIpc) is 2.95. The minimum Gasteiger partial charge on any atom is -0.481 e. The van der Waals surface area contributed by atoms with Crippen LogP contribution < -0.4 is 0 Å². The van der Waals surface area contributed by atoms with Gasteiger partial charge in [-0.05, 0) is 25.3 Å². The Labute approximate surface area is 151 Å². The molecule has 7 nitrogen and oxygen atoms in total. The van der Waals surface area contributed by atoms with Crippen LogP contribution in [0.1, 0.15) is 28.0 Å². The molecule has 1 amide bonds. The number of rotatable bonds is 4. The molecule has 0 unspecified atom stereocenters. The van der Waals surface area contributed by atoms with Crippen molar-refractivity contribution in [1.82, 2.24) is 14.7 Å². The summed E-state index contributed by atoms with van der Waals surface area (Å²) in [5.74, 6) is -1.34. The maximum Gasteiger partial charge on any atom is 0.314 e. The molecule has 1 saturated heterocycles. The fourth-order valence-corrected chi connectivity index (χ4v) is 3.65. The number of aromatic nitrogens is 2. The number of carboxylic acid groups (broad SMARTS) is 1. The molecule has 0 spiro atoms. The van der Waals surface area contributed by atoms with Gasteiger partial charge in [-0.25, -0.2) is 0 Å². The van der Waals surface area contributed by atoms with E-state index < -0.39 is 17.5 Å². The normalized spacial score (nSPS) is 23.0. The number of likely N-dealkylation sites (tertiary alicyclic amines) is 1. The molecule has 2 atom stereocenters. The molecule has 0 aliphatic carbocycles. The number of aliphatic hydroxyl groups excluding tert-OH is 1. The summed E-state index contributed by atoms with van der Waals surface area (Å²) in [6, 6.07) is 9.20. The summed E-state index contributed by atoms with van der Waals surface area (Å²) in [5.41, 5.74) is 0.460. The number of carbonyl (C=O) groups is 2. The van der Waals surface area contributed by atoms with Crippen LogP contribution in [0, 0.1) is 12.3 Å². The van der Waals surface area contributed by atoms with Crippen LogP contribution in [0.3, 0.4) is 0 Å². The van der Waals surface area contributed by atoms with E-state index in [1.54, 1.807) is 24.9 Å². The third kappa shape index (κ3) is 3.22. The summed E-state index contributed by atoms with van der Waals surface area (Å²) in [5, 5.41) is 24.7. The number of hydrogen-bond acceptors (Lipinski definition) is 4. The fraction of sp³-hybridized carbons (Fsp3) is 0.421. The second-order valence-electron chi connectivity index (χ2n) is 6.96. The zero-order chi connectivity index (χ0) is 18.9. The van der Waals surface area contributed by atoms with E-state index in [9.17, 15) is 19.8 Å². The van der Waals surface area contributed by atoms with Crippen molar-refractivity contribution in [2.45, 2.75) is 25.9 Å². The Morgan fingerprint density at radius 2 is 2.00 bits per heavy atom. The number of benzene rings is 1. The molecule has 0 radical (unpaired) electrons. The van der Waals surface area contributed by atoms with Crippen LogP contribution in [0.15, 0.2) is 36.5 Å². The Morgan fingerprint density at radius 1 is 1.31 bits per heavy atom. The zero-order valence-electron chi connectivity index (χ0n) is 14.9. The standard InChI is InChI=1S/C19H23N3O4/c1-13-15(11-21(2)20-13)17(24)22-9-8-16(23)19(12-22,18(25)26)10-14-6-4-3-5-7-14/h3-7,11,16,23H,8-10,12H2,1-2H3,(H,25,26)/t16-,19+/m0/s1. The molecule has 1 aromatic carbocycles. The van der Waals surface area contributed by atoms with Crippen molar-refractivity contribution in [3.05, 3.63) is 53.3 Å². The Bertz CT molecular complexity index is 817. The molecular formula is C19H23N3O4. The first kappa shape index (κ1) is 18.1. The SMILES string of the molecule is Cc1nn(C)cc1C(=O)N1CC[C@H](O)[C@](Cc2ccccc2)(C(=O)O)C1. The fourth-order valence-electron chi connectivity index (χ4n) is 3.65. The van der Waals surface area contributed by atoms with Gasteiger partial charge in [0.05, 0.1) is 17.4 Å². The maximum absolute atomic E-state index is 12.9. The van der Waals surface area contributed by atoms with Gasteiger partial charge in [0.1, 0.15) is 5.41 Å². The van der Waals surface area contributed by atoms with E-state index in [-0.39, 0.29) is 25.3 Å². The topological polar surface area (TPSA) is 95.7 Å². The van der Waals surface area contributed by atoms with Gasteiger partial charge < -0.3 is 15.1 Å². The lowest BCUT2D eigenvalue weighted by atomic mass is 9.72. The maximum atomic E-state index is 12.9. The van der Waals surface area contributed by atoms with Gasteiger partial charge in [0.25, 0.3) is 5.91 Å². The molecular weight excluding hydrogens is 334 g/mol. The van der Waals surface area contributed by atoms with E-state index >= 15 is 0 Å². The number of aryl methyl sites for hydroxylation is 2. The van der Waals surface area contributed by atoms with Gasteiger partial charge in [-0.15, -0.1) is 0 Å². The largest absolute Gasteiger partial charge is 0.481 e. The number of piperidine rings is 1. The van der Waals surface area contributed by atoms with Crippen molar-refractivity contribution in [1.29, 1.82) is 0 Å². The van der Waals surface area contributed by atoms with Crippen molar-refractivity contribution in [2.24, 2.45) is 12.5 Å². The highest BCUT2D eigenvalue weighted by Gasteiger charge is 2.50. The van der Waals surface area contributed by atoms with E-state index in [0.29, 0.717) is 17.8 Å². The lowest BCUT2D eigenvalue weighted by Gasteiger charge is -2.43. The van der Waals surface area contributed by atoms with Gasteiger partial charge in [-0.1, -0.05) is 30.3 Å². The number of hydrogen-bond donors (Lipinski definition) is 2. The van der Waals surface area contributed by atoms with Crippen molar-refractivity contribution >= 4 is 11.9 Å².